The molecule has 0 saturated heterocycles. The van der Waals surface area contributed by atoms with Crippen LogP contribution in [0.5, 0.6) is 0 Å². The smallest absolute Gasteiger partial charge is 0.235 e. The molecule has 2 unspecified atom stereocenters. The van der Waals surface area contributed by atoms with E-state index in [1.807, 2.05) is 32.9 Å². The fourth-order valence-electron chi connectivity index (χ4n) is 1.98. The van der Waals surface area contributed by atoms with Crippen LogP contribution in [0.4, 0.5) is 0 Å². The first-order valence-electron chi connectivity index (χ1n) is 7.69. The second-order valence-electron chi connectivity index (χ2n) is 7.85. The van der Waals surface area contributed by atoms with Gasteiger partial charge in [-0.25, -0.2) is 0 Å². The van der Waals surface area contributed by atoms with Crippen LogP contribution in [-0.4, -0.2) is 20.9 Å². The van der Waals surface area contributed by atoms with Gasteiger partial charge in [0.15, 0.2) is 0 Å². The summed E-state index contributed by atoms with van der Waals surface area (Å²) in [5, 5.41) is 2.37. The Morgan fingerprint density at radius 2 is 1.59 bits per heavy atom. The lowest BCUT2D eigenvalue weighted by atomic mass is 9.87. The average molecular weight is 324 g/mol. The average Bonchev–Trinajstić information content (AvgIpc) is 2.35. The molecule has 0 aliphatic heterocycles. The van der Waals surface area contributed by atoms with Crippen molar-refractivity contribution in [3.05, 3.63) is 35.4 Å². The van der Waals surface area contributed by atoms with Gasteiger partial charge in [0.05, 0.1) is 0 Å². The lowest BCUT2D eigenvalue weighted by molar-refractivity contribution is -0.121. The maximum absolute atomic E-state index is 12.4. The molecule has 0 radical (unpaired) electrons. The molecule has 0 heterocycles. The number of carbonyl (C=O) groups excluding carboxylic acids is 1. The zero-order valence-corrected chi connectivity index (χ0v) is 15.6. The van der Waals surface area contributed by atoms with Crippen molar-refractivity contribution in [3.63, 3.8) is 0 Å². The molecule has 0 bridgehead atoms. The van der Waals surface area contributed by atoms with Crippen molar-refractivity contribution >= 4 is 16.7 Å². The summed E-state index contributed by atoms with van der Waals surface area (Å²) in [6.07, 6.45) is 0. The van der Waals surface area contributed by atoms with Crippen LogP contribution in [0.15, 0.2) is 24.3 Å². The van der Waals surface area contributed by atoms with Crippen molar-refractivity contribution in [1.29, 1.82) is 0 Å². The number of rotatable bonds is 4. The molecule has 2 atom stereocenters. The van der Waals surface area contributed by atoms with Gasteiger partial charge in [0.25, 0.3) is 0 Å². The van der Waals surface area contributed by atoms with Crippen LogP contribution in [0, 0.1) is 0 Å². The van der Waals surface area contributed by atoms with Crippen LogP contribution in [-0.2, 0) is 26.8 Å². The van der Waals surface area contributed by atoms with Gasteiger partial charge >= 0.3 is 0 Å². The molecule has 22 heavy (non-hydrogen) atoms. The third-order valence-electron chi connectivity index (χ3n) is 3.39. The Morgan fingerprint density at radius 3 is 2.00 bits per heavy atom. The molecule has 0 aromatic heterocycles. The van der Waals surface area contributed by atoms with Gasteiger partial charge in [-0.05, 0) is 44.2 Å². The summed E-state index contributed by atoms with van der Waals surface area (Å²) in [5.41, 5.74) is 2.06. The Kier molecular flexibility index (Phi) is 5.96. The van der Waals surface area contributed by atoms with Gasteiger partial charge in [0.1, 0.15) is 5.25 Å². The van der Waals surface area contributed by atoms with Crippen molar-refractivity contribution in [2.24, 2.45) is 0 Å². The quantitative estimate of drug-likeness (QED) is 0.921. The highest BCUT2D eigenvalue weighted by Crippen LogP contribution is 2.22. The second-order valence-corrected chi connectivity index (χ2v) is 9.61. The number of carbonyl (C=O) groups is 1. The van der Waals surface area contributed by atoms with Gasteiger partial charge in [-0.3, -0.25) is 9.00 Å². The SMILES string of the molecule is CC(C(=O)NC(C)(C)C)S(=O)Cc1ccc(C(C)(C)C)cc1. The normalized spacial score (nSPS) is 15.2. The summed E-state index contributed by atoms with van der Waals surface area (Å²) in [6, 6.07) is 8.17. The van der Waals surface area contributed by atoms with Crippen LogP contribution in [0.1, 0.15) is 59.6 Å². The highest BCUT2D eigenvalue weighted by atomic mass is 32.2. The molecule has 1 rings (SSSR count). The molecule has 1 aromatic carbocycles. The maximum atomic E-state index is 12.4. The number of benzene rings is 1. The minimum atomic E-state index is -1.22. The van der Waals surface area contributed by atoms with Crippen LogP contribution < -0.4 is 5.32 Å². The molecule has 0 fully saturated rings. The van der Waals surface area contributed by atoms with Gasteiger partial charge in [-0.15, -0.1) is 0 Å². The van der Waals surface area contributed by atoms with Crippen molar-refractivity contribution in [3.8, 4) is 0 Å². The largest absolute Gasteiger partial charge is 0.350 e. The third-order valence-corrected chi connectivity index (χ3v) is 5.01. The van der Waals surface area contributed by atoms with Crippen LogP contribution in [0.2, 0.25) is 0 Å². The molecule has 0 saturated carbocycles. The zero-order chi connectivity index (χ0) is 17.1. The topological polar surface area (TPSA) is 46.2 Å². The first kappa shape index (κ1) is 18.9. The van der Waals surface area contributed by atoms with Crippen molar-refractivity contribution < 1.29 is 9.00 Å². The zero-order valence-electron chi connectivity index (χ0n) is 14.8. The monoisotopic (exact) mass is 323 g/mol. The van der Waals surface area contributed by atoms with Gasteiger partial charge in [0.2, 0.25) is 5.91 Å². The Morgan fingerprint density at radius 1 is 1.09 bits per heavy atom. The first-order chi connectivity index (χ1) is 9.90. The molecule has 1 amide bonds. The molecule has 0 aliphatic rings. The summed E-state index contributed by atoms with van der Waals surface area (Å²) in [4.78, 5) is 12.1. The first-order valence-corrected chi connectivity index (χ1v) is 9.07. The predicted molar refractivity (Wildman–Crippen MR) is 94.3 cm³/mol. The van der Waals surface area contributed by atoms with E-state index in [2.05, 4.69) is 38.2 Å². The molecular weight excluding hydrogens is 294 g/mol. The fraction of sp³-hybridized carbons (Fsp3) is 0.611. The Balaban J connectivity index is 2.70. The van der Waals surface area contributed by atoms with E-state index in [4.69, 9.17) is 0 Å². The molecular formula is C18H29NO2S. The minimum Gasteiger partial charge on any atom is -0.350 e. The van der Waals surface area contributed by atoms with Crippen molar-refractivity contribution in [2.45, 2.75) is 70.4 Å². The second kappa shape index (κ2) is 6.95. The standard InChI is InChI=1S/C18H29NO2S/c1-13(16(20)19-18(5,6)7)22(21)12-14-8-10-15(11-9-14)17(2,3)4/h8-11,13H,12H2,1-7H3,(H,19,20). The van der Waals surface area contributed by atoms with E-state index in [1.165, 1.54) is 5.56 Å². The molecule has 4 heteroatoms. The van der Waals surface area contributed by atoms with Crippen LogP contribution in [0.3, 0.4) is 0 Å². The third kappa shape index (κ3) is 5.91. The summed E-state index contributed by atoms with van der Waals surface area (Å²) in [6.45, 7) is 14.0. The van der Waals surface area contributed by atoms with E-state index in [-0.39, 0.29) is 16.9 Å². The van der Waals surface area contributed by atoms with Crippen molar-refractivity contribution in [1.82, 2.24) is 5.32 Å². The highest BCUT2D eigenvalue weighted by Gasteiger charge is 2.24. The van der Waals surface area contributed by atoms with Gasteiger partial charge < -0.3 is 5.32 Å². The summed E-state index contributed by atoms with van der Waals surface area (Å²) < 4.78 is 12.4. The molecule has 3 nitrogen and oxygen atoms in total. The number of hydrogen-bond donors (Lipinski definition) is 1. The number of hydrogen-bond acceptors (Lipinski definition) is 2. The van der Waals surface area contributed by atoms with Gasteiger partial charge in [-0.1, -0.05) is 45.0 Å². The minimum absolute atomic E-state index is 0.109. The molecule has 1 N–H and O–H groups in total. The summed E-state index contributed by atoms with van der Waals surface area (Å²) in [5.74, 6) is 0.250. The van der Waals surface area contributed by atoms with E-state index >= 15 is 0 Å². The molecule has 1 aromatic rings. The highest BCUT2D eigenvalue weighted by molar-refractivity contribution is 7.85. The molecule has 124 valence electrons. The lowest BCUT2D eigenvalue weighted by Gasteiger charge is -2.23. The summed E-state index contributed by atoms with van der Waals surface area (Å²) in [7, 11) is -1.22. The van der Waals surface area contributed by atoms with E-state index in [0.29, 0.717) is 5.75 Å². The number of amides is 1. The van der Waals surface area contributed by atoms with E-state index in [1.54, 1.807) is 6.92 Å². The predicted octanol–water partition coefficient (Wildman–Crippen LogP) is 3.54. The van der Waals surface area contributed by atoms with Crippen molar-refractivity contribution in [2.75, 3.05) is 0 Å². The Hall–Kier alpha value is -1.16. The Bertz CT molecular complexity index is 536. The van der Waals surface area contributed by atoms with Crippen LogP contribution >= 0.6 is 0 Å². The maximum Gasteiger partial charge on any atom is 0.235 e. The number of nitrogens with one attached hydrogen (secondary N) is 1. The van der Waals surface area contributed by atoms with Gasteiger partial charge in [0, 0.05) is 22.1 Å². The van der Waals surface area contributed by atoms with Crippen LogP contribution in [0.25, 0.3) is 0 Å². The summed E-state index contributed by atoms with van der Waals surface area (Å²) >= 11 is 0. The van der Waals surface area contributed by atoms with Gasteiger partial charge in [-0.2, -0.15) is 0 Å². The molecule has 0 spiro atoms. The molecule has 0 aliphatic carbocycles. The lowest BCUT2D eigenvalue weighted by Crippen LogP contribution is -2.46. The van der Waals surface area contributed by atoms with E-state index < -0.39 is 16.0 Å². The van der Waals surface area contributed by atoms with E-state index in [0.717, 1.165) is 5.56 Å². The van der Waals surface area contributed by atoms with E-state index in [9.17, 15) is 9.00 Å². The Labute approximate surface area is 137 Å². The fourth-order valence-corrected chi connectivity index (χ4v) is 3.05.